The topological polar surface area (TPSA) is 151 Å². The number of hydrogen-bond acceptors (Lipinski definition) is 3. The molecule has 0 radical (unpaired) electrons. The Hall–Kier alpha value is -3.11. The van der Waals surface area contributed by atoms with E-state index in [9.17, 15) is 4.79 Å². The Labute approximate surface area is 101 Å². The first-order chi connectivity index (χ1) is 8.71. The van der Waals surface area contributed by atoms with Crippen molar-refractivity contribution in [3.8, 4) is 0 Å². The number of nitrogens with zero attached hydrogens (tertiary/aromatic N) is 8. The average Bonchev–Trinajstić information content (AvgIpc) is 2.37. The maximum Gasteiger partial charge on any atom is 0.328 e. The van der Waals surface area contributed by atoms with E-state index in [1.807, 2.05) is 0 Å². The molecule has 9 nitrogen and oxygen atoms in total. The number of rotatable bonds is 5. The second-order valence-corrected chi connectivity index (χ2v) is 3.08. The molecule has 0 saturated heterocycles. The lowest BCUT2D eigenvalue weighted by Gasteiger charge is -2.01. The number of Topliss-reactive ketones (excluding diaryl/α,β-unsaturated/α-hetero) is 1. The summed E-state index contributed by atoms with van der Waals surface area (Å²) in [6, 6.07) is 4.28. The van der Waals surface area contributed by atoms with Gasteiger partial charge in [0.2, 0.25) is 0 Å². The van der Waals surface area contributed by atoms with Crippen molar-refractivity contribution in [2.24, 2.45) is 10.2 Å². The van der Waals surface area contributed by atoms with E-state index in [1.54, 1.807) is 0 Å². The Bertz CT molecular complexity index is 617. The van der Waals surface area contributed by atoms with Gasteiger partial charge in [0.25, 0.3) is 5.78 Å². The van der Waals surface area contributed by atoms with E-state index in [0.29, 0.717) is 11.8 Å². The van der Waals surface area contributed by atoms with Gasteiger partial charge in [0.15, 0.2) is 0 Å². The number of carbonyl (C=O) groups is 1. The third-order valence-corrected chi connectivity index (χ3v) is 1.91. The van der Waals surface area contributed by atoms with Crippen LogP contribution in [0.2, 0.25) is 0 Å². The summed E-state index contributed by atoms with van der Waals surface area (Å²) >= 11 is 0. The largest absolute Gasteiger partial charge is 0.361 e. The van der Waals surface area contributed by atoms with Crippen molar-refractivity contribution in [3.63, 3.8) is 0 Å². The van der Waals surface area contributed by atoms with Crippen LogP contribution in [0.3, 0.4) is 0 Å². The summed E-state index contributed by atoms with van der Waals surface area (Å²) < 4.78 is 0. The Morgan fingerprint density at radius 3 is 2.61 bits per heavy atom. The summed E-state index contributed by atoms with van der Waals surface area (Å²) in [7, 11) is 0. The molecule has 0 fully saturated rings. The smallest absolute Gasteiger partial charge is 0.328 e. The molecule has 0 amide bonds. The van der Waals surface area contributed by atoms with E-state index in [2.05, 4.69) is 24.8 Å². The van der Waals surface area contributed by atoms with Crippen LogP contribution in [-0.4, -0.2) is 16.8 Å². The quantitative estimate of drug-likeness (QED) is 0.252. The molecule has 0 atom stereocenters. The SMILES string of the molecule is [N-]=[N+]=CC(=O)c1cc(CN=[N+]=[N-])cc(N=[N+]=[N-])c1. The van der Waals surface area contributed by atoms with Crippen molar-refractivity contribution in [1.82, 2.24) is 0 Å². The summed E-state index contributed by atoms with van der Waals surface area (Å²) in [5.41, 5.74) is 25.7. The standard InChI is InChI=1S/C9H6N8O/c10-13-5-9(18)7-1-6(4-14-16-11)2-8(3-7)15-17-12/h1-3,5H,4H2. The number of hydrogen-bond donors (Lipinski definition) is 0. The first kappa shape index (κ1) is 13.0. The maximum absolute atomic E-state index is 11.5. The second kappa shape index (κ2) is 6.47. The molecule has 0 aliphatic rings. The van der Waals surface area contributed by atoms with Gasteiger partial charge in [0.1, 0.15) is 0 Å². The first-order valence-electron chi connectivity index (χ1n) is 4.63. The highest BCUT2D eigenvalue weighted by atomic mass is 16.1. The predicted octanol–water partition coefficient (Wildman–Crippen LogP) is 2.92. The van der Waals surface area contributed by atoms with Gasteiger partial charge < -0.3 is 5.53 Å². The summed E-state index contributed by atoms with van der Waals surface area (Å²) in [6.45, 7) is 0.0157. The fourth-order valence-corrected chi connectivity index (χ4v) is 1.26. The summed E-state index contributed by atoms with van der Waals surface area (Å²) in [4.78, 5) is 19.3. The molecule has 0 aliphatic heterocycles. The zero-order valence-electron chi connectivity index (χ0n) is 9.00. The van der Waals surface area contributed by atoms with Crippen LogP contribution >= 0.6 is 0 Å². The molecule has 18 heavy (non-hydrogen) atoms. The Morgan fingerprint density at radius 2 is 2.00 bits per heavy atom. The average molecular weight is 242 g/mol. The van der Waals surface area contributed by atoms with Crippen molar-refractivity contribution in [2.75, 3.05) is 0 Å². The van der Waals surface area contributed by atoms with Gasteiger partial charge in [0.05, 0.1) is 6.54 Å². The Balaban J connectivity index is 3.28. The minimum atomic E-state index is -0.560. The highest BCUT2D eigenvalue weighted by Gasteiger charge is 2.09. The van der Waals surface area contributed by atoms with Gasteiger partial charge in [0, 0.05) is 21.1 Å². The van der Waals surface area contributed by atoms with Crippen LogP contribution < -0.4 is 0 Å². The van der Waals surface area contributed by atoms with Gasteiger partial charge in [-0.2, -0.15) is 4.79 Å². The molecule has 9 heteroatoms. The molecule has 0 aromatic heterocycles. The van der Waals surface area contributed by atoms with E-state index in [0.717, 1.165) is 0 Å². The molecule has 1 rings (SSSR count). The monoisotopic (exact) mass is 242 g/mol. The van der Waals surface area contributed by atoms with E-state index < -0.39 is 5.78 Å². The molecular formula is C9H6N8O. The molecule has 88 valence electrons. The van der Waals surface area contributed by atoms with Crippen LogP contribution in [0.5, 0.6) is 0 Å². The van der Waals surface area contributed by atoms with E-state index in [-0.39, 0.29) is 17.8 Å². The van der Waals surface area contributed by atoms with Crippen molar-refractivity contribution >= 4 is 17.7 Å². The van der Waals surface area contributed by atoms with E-state index in [1.165, 1.54) is 18.2 Å². The number of azide groups is 2. The summed E-state index contributed by atoms with van der Waals surface area (Å²) in [6.07, 6.45) is 0.715. The Kier molecular flexibility index (Phi) is 4.66. The minimum absolute atomic E-state index is 0.0157. The van der Waals surface area contributed by atoms with Gasteiger partial charge in [-0.1, -0.05) is 10.2 Å². The fraction of sp³-hybridized carbons (Fsp3) is 0.111. The van der Waals surface area contributed by atoms with Crippen LogP contribution in [0.15, 0.2) is 28.4 Å². The molecule has 0 bridgehead atoms. The predicted molar refractivity (Wildman–Crippen MR) is 62.1 cm³/mol. The van der Waals surface area contributed by atoms with Gasteiger partial charge in [-0.3, -0.25) is 4.79 Å². The number of ketones is 1. The van der Waals surface area contributed by atoms with Crippen LogP contribution in [0.1, 0.15) is 15.9 Å². The maximum atomic E-state index is 11.5. The van der Waals surface area contributed by atoms with Gasteiger partial charge >= 0.3 is 6.21 Å². The number of benzene rings is 1. The lowest BCUT2D eigenvalue weighted by atomic mass is 10.1. The van der Waals surface area contributed by atoms with Gasteiger partial charge in [-0.15, -0.1) is 0 Å². The van der Waals surface area contributed by atoms with Crippen LogP contribution in [0.25, 0.3) is 26.4 Å². The van der Waals surface area contributed by atoms with Crippen molar-refractivity contribution < 1.29 is 9.58 Å². The zero-order chi connectivity index (χ0) is 13.4. The first-order valence-corrected chi connectivity index (χ1v) is 4.63. The van der Waals surface area contributed by atoms with Crippen molar-refractivity contribution in [3.05, 3.63) is 55.7 Å². The van der Waals surface area contributed by atoms with Gasteiger partial charge in [-0.05, 0) is 34.8 Å². The summed E-state index contributed by atoms with van der Waals surface area (Å²) in [5, 5.41) is 6.71. The highest BCUT2D eigenvalue weighted by molar-refractivity contribution is 6.33. The normalized spacial score (nSPS) is 8.44. The van der Waals surface area contributed by atoms with Crippen LogP contribution in [-0.2, 0) is 6.54 Å². The molecule has 0 heterocycles. The third-order valence-electron chi connectivity index (χ3n) is 1.91. The van der Waals surface area contributed by atoms with Crippen LogP contribution in [0.4, 0.5) is 5.69 Å². The van der Waals surface area contributed by atoms with Crippen molar-refractivity contribution in [2.45, 2.75) is 6.54 Å². The molecule has 1 aromatic rings. The highest BCUT2D eigenvalue weighted by Crippen LogP contribution is 2.19. The zero-order valence-corrected chi connectivity index (χ0v) is 9.00. The molecule has 0 unspecified atom stereocenters. The van der Waals surface area contributed by atoms with E-state index >= 15 is 0 Å². The van der Waals surface area contributed by atoms with E-state index in [4.69, 9.17) is 16.6 Å². The minimum Gasteiger partial charge on any atom is -0.361 e. The lowest BCUT2D eigenvalue weighted by molar-refractivity contribution is 0.00235. The molecule has 0 saturated carbocycles. The summed E-state index contributed by atoms with van der Waals surface area (Å²) in [5.74, 6) is -0.560. The number of carbonyl (C=O) groups excluding carboxylic acids is 1. The Morgan fingerprint density at radius 1 is 1.22 bits per heavy atom. The van der Waals surface area contributed by atoms with Crippen LogP contribution in [0, 0.1) is 0 Å². The van der Waals surface area contributed by atoms with Crippen molar-refractivity contribution in [1.29, 1.82) is 0 Å². The molecule has 0 spiro atoms. The molecule has 0 aliphatic carbocycles. The second-order valence-electron chi connectivity index (χ2n) is 3.08. The molecule has 0 N–H and O–H groups in total. The third kappa shape index (κ3) is 3.48. The molecule has 1 aromatic carbocycles. The van der Waals surface area contributed by atoms with Gasteiger partial charge in [-0.25, -0.2) is 0 Å². The molecular weight excluding hydrogens is 236 g/mol. The fourth-order valence-electron chi connectivity index (χ4n) is 1.26. The lowest BCUT2D eigenvalue weighted by Crippen LogP contribution is -2.01.